The van der Waals surface area contributed by atoms with Crippen LogP contribution in [-0.2, 0) is 6.42 Å². The van der Waals surface area contributed by atoms with Crippen molar-refractivity contribution in [2.75, 3.05) is 0 Å². The molecular weight excluding hydrogens is 286 g/mol. The first kappa shape index (κ1) is 13.3. The maximum absolute atomic E-state index is 6.29. The fourth-order valence-electron chi connectivity index (χ4n) is 2.07. The summed E-state index contributed by atoms with van der Waals surface area (Å²) < 4.78 is 1.08. The van der Waals surface area contributed by atoms with Gasteiger partial charge in [0.1, 0.15) is 0 Å². The predicted molar refractivity (Wildman–Crippen MR) is 80.7 cm³/mol. The van der Waals surface area contributed by atoms with Crippen LogP contribution in [0.2, 0.25) is 0 Å². The van der Waals surface area contributed by atoms with E-state index in [1.54, 1.807) is 0 Å². The molecule has 94 valence electrons. The van der Waals surface area contributed by atoms with Crippen LogP contribution in [0.4, 0.5) is 0 Å². The molecule has 0 aromatic heterocycles. The van der Waals surface area contributed by atoms with E-state index in [1.165, 1.54) is 16.7 Å². The Morgan fingerprint density at radius 1 is 1.06 bits per heavy atom. The zero-order valence-electron chi connectivity index (χ0n) is 10.8. The number of halogens is 1. The number of benzene rings is 2. The van der Waals surface area contributed by atoms with Gasteiger partial charge in [0.2, 0.25) is 0 Å². The lowest BCUT2D eigenvalue weighted by Crippen LogP contribution is -2.14. The average molecular weight is 304 g/mol. The SMILES string of the molecule is Cc1ccc(CC(N)c2ccccc2Br)cc1C. The molecule has 0 radical (unpaired) electrons. The van der Waals surface area contributed by atoms with E-state index in [1.807, 2.05) is 18.2 Å². The van der Waals surface area contributed by atoms with Crippen molar-refractivity contribution in [3.8, 4) is 0 Å². The Kier molecular flexibility index (Phi) is 4.20. The van der Waals surface area contributed by atoms with Gasteiger partial charge in [0.25, 0.3) is 0 Å². The number of nitrogens with two attached hydrogens (primary N) is 1. The van der Waals surface area contributed by atoms with Crippen molar-refractivity contribution < 1.29 is 0 Å². The maximum atomic E-state index is 6.29. The monoisotopic (exact) mass is 303 g/mol. The molecule has 2 aromatic rings. The molecular formula is C16H18BrN. The van der Waals surface area contributed by atoms with Crippen LogP contribution in [0.1, 0.15) is 28.3 Å². The molecule has 2 rings (SSSR count). The minimum absolute atomic E-state index is 0.0303. The highest BCUT2D eigenvalue weighted by Crippen LogP contribution is 2.24. The third-order valence-corrected chi connectivity index (χ3v) is 4.05. The van der Waals surface area contributed by atoms with Crippen LogP contribution in [0.3, 0.4) is 0 Å². The topological polar surface area (TPSA) is 26.0 Å². The molecule has 2 heteroatoms. The van der Waals surface area contributed by atoms with Gasteiger partial charge in [0.05, 0.1) is 0 Å². The maximum Gasteiger partial charge on any atom is 0.0347 e. The molecule has 0 saturated heterocycles. The Labute approximate surface area is 117 Å². The largest absolute Gasteiger partial charge is 0.324 e. The van der Waals surface area contributed by atoms with Gasteiger partial charge in [0, 0.05) is 10.5 Å². The van der Waals surface area contributed by atoms with Crippen LogP contribution in [0.25, 0.3) is 0 Å². The minimum atomic E-state index is 0.0303. The van der Waals surface area contributed by atoms with Crippen molar-refractivity contribution in [2.24, 2.45) is 5.73 Å². The molecule has 18 heavy (non-hydrogen) atoms. The second-order valence-electron chi connectivity index (χ2n) is 4.75. The van der Waals surface area contributed by atoms with Crippen molar-refractivity contribution >= 4 is 15.9 Å². The van der Waals surface area contributed by atoms with Gasteiger partial charge in [-0.2, -0.15) is 0 Å². The molecule has 1 nitrogen and oxygen atoms in total. The highest BCUT2D eigenvalue weighted by molar-refractivity contribution is 9.10. The Hall–Kier alpha value is -1.12. The molecule has 1 atom stereocenters. The van der Waals surface area contributed by atoms with Gasteiger partial charge in [-0.05, 0) is 48.6 Å². The van der Waals surface area contributed by atoms with E-state index in [2.05, 4.69) is 54.0 Å². The van der Waals surface area contributed by atoms with E-state index >= 15 is 0 Å². The molecule has 2 aromatic carbocycles. The number of rotatable bonds is 3. The molecule has 0 aliphatic heterocycles. The average Bonchev–Trinajstić information content (AvgIpc) is 2.34. The lowest BCUT2D eigenvalue weighted by atomic mass is 9.97. The van der Waals surface area contributed by atoms with Gasteiger partial charge in [-0.3, -0.25) is 0 Å². The van der Waals surface area contributed by atoms with Crippen LogP contribution in [0.15, 0.2) is 46.9 Å². The van der Waals surface area contributed by atoms with Crippen LogP contribution in [0.5, 0.6) is 0 Å². The smallest absolute Gasteiger partial charge is 0.0347 e. The molecule has 0 bridgehead atoms. The fourth-order valence-corrected chi connectivity index (χ4v) is 2.65. The summed E-state index contributed by atoms with van der Waals surface area (Å²) in [7, 11) is 0. The number of hydrogen-bond acceptors (Lipinski definition) is 1. The summed E-state index contributed by atoms with van der Waals surface area (Å²) in [6, 6.07) is 14.7. The van der Waals surface area contributed by atoms with Gasteiger partial charge in [-0.1, -0.05) is 52.3 Å². The Morgan fingerprint density at radius 2 is 1.78 bits per heavy atom. The molecule has 0 aliphatic carbocycles. The summed E-state index contributed by atoms with van der Waals surface area (Å²) in [6.45, 7) is 4.27. The summed E-state index contributed by atoms with van der Waals surface area (Å²) >= 11 is 3.56. The summed E-state index contributed by atoms with van der Waals surface area (Å²) in [4.78, 5) is 0. The number of hydrogen-bond donors (Lipinski definition) is 1. The molecule has 2 N–H and O–H groups in total. The van der Waals surface area contributed by atoms with Gasteiger partial charge in [0.15, 0.2) is 0 Å². The highest BCUT2D eigenvalue weighted by atomic mass is 79.9. The first-order chi connectivity index (χ1) is 8.58. The van der Waals surface area contributed by atoms with E-state index in [9.17, 15) is 0 Å². The summed E-state index contributed by atoms with van der Waals surface area (Å²) in [5.74, 6) is 0. The lowest BCUT2D eigenvalue weighted by Gasteiger charge is -2.14. The van der Waals surface area contributed by atoms with E-state index in [0.29, 0.717) is 0 Å². The fraction of sp³-hybridized carbons (Fsp3) is 0.250. The van der Waals surface area contributed by atoms with Crippen molar-refractivity contribution in [3.63, 3.8) is 0 Å². The van der Waals surface area contributed by atoms with Gasteiger partial charge in [-0.25, -0.2) is 0 Å². The summed E-state index contributed by atoms with van der Waals surface area (Å²) in [5, 5.41) is 0. The summed E-state index contributed by atoms with van der Waals surface area (Å²) in [6.07, 6.45) is 0.865. The second-order valence-corrected chi connectivity index (χ2v) is 5.61. The Balaban J connectivity index is 2.19. The third-order valence-electron chi connectivity index (χ3n) is 3.33. The molecule has 1 unspecified atom stereocenters. The molecule has 0 heterocycles. The van der Waals surface area contributed by atoms with Crippen LogP contribution >= 0.6 is 15.9 Å². The third kappa shape index (κ3) is 3.01. The Bertz CT molecular complexity index is 549. The standard InChI is InChI=1S/C16H18BrN/c1-11-7-8-13(9-12(11)2)10-16(18)14-5-3-4-6-15(14)17/h3-9,16H,10,18H2,1-2H3. The van der Waals surface area contributed by atoms with Crippen LogP contribution in [0, 0.1) is 13.8 Å². The quantitative estimate of drug-likeness (QED) is 0.898. The second kappa shape index (κ2) is 5.68. The highest BCUT2D eigenvalue weighted by Gasteiger charge is 2.10. The van der Waals surface area contributed by atoms with Crippen molar-refractivity contribution in [1.82, 2.24) is 0 Å². The lowest BCUT2D eigenvalue weighted by molar-refractivity contribution is 0.718. The normalized spacial score (nSPS) is 12.4. The van der Waals surface area contributed by atoms with Crippen LogP contribution in [-0.4, -0.2) is 0 Å². The van der Waals surface area contributed by atoms with Crippen molar-refractivity contribution in [1.29, 1.82) is 0 Å². The Morgan fingerprint density at radius 3 is 2.44 bits per heavy atom. The van der Waals surface area contributed by atoms with Crippen molar-refractivity contribution in [3.05, 3.63) is 69.2 Å². The number of aryl methyl sites for hydroxylation is 2. The first-order valence-corrected chi connectivity index (χ1v) is 6.93. The van der Waals surface area contributed by atoms with E-state index < -0.39 is 0 Å². The first-order valence-electron chi connectivity index (χ1n) is 6.14. The van der Waals surface area contributed by atoms with Crippen LogP contribution < -0.4 is 5.73 Å². The molecule has 0 spiro atoms. The summed E-state index contributed by atoms with van der Waals surface area (Å²) in [5.41, 5.74) is 11.4. The molecule has 0 fully saturated rings. The van der Waals surface area contributed by atoms with Gasteiger partial charge in [-0.15, -0.1) is 0 Å². The van der Waals surface area contributed by atoms with Gasteiger partial charge >= 0.3 is 0 Å². The van der Waals surface area contributed by atoms with E-state index in [0.717, 1.165) is 16.5 Å². The van der Waals surface area contributed by atoms with E-state index in [-0.39, 0.29) is 6.04 Å². The molecule has 0 aliphatic rings. The molecule has 0 amide bonds. The zero-order chi connectivity index (χ0) is 13.1. The van der Waals surface area contributed by atoms with Gasteiger partial charge < -0.3 is 5.73 Å². The van der Waals surface area contributed by atoms with Crippen molar-refractivity contribution in [2.45, 2.75) is 26.3 Å². The predicted octanol–water partition coefficient (Wildman–Crippen LogP) is 4.31. The minimum Gasteiger partial charge on any atom is -0.324 e. The molecule has 0 saturated carbocycles. The zero-order valence-corrected chi connectivity index (χ0v) is 12.4. The van der Waals surface area contributed by atoms with E-state index in [4.69, 9.17) is 5.73 Å².